The van der Waals surface area contributed by atoms with Crippen molar-refractivity contribution in [2.75, 3.05) is 5.73 Å². The Bertz CT molecular complexity index is 1110. The first-order valence-corrected chi connectivity index (χ1v) is 9.34. The summed E-state index contributed by atoms with van der Waals surface area (Å²) in [5, 5.41) is 9.73. The van der Waals surface area contributed by atoms with Crippen LogP contribution in [-0.4, -0.2) is 24.8 Å². The Morgan fingerprint density at radius 3 is 2.93 bits per heavy atom. The van der Waals surface area contributed by atoms with E-state index in [1.54, 1.807) is 17.5 Å². The first kappa shape index (κ1) is 17.2. The van der Waals surface area contributed by atoms with Gasteiger partial charge in [0.15, 0.2) is 17.3 Å². The summed E-state index contributed by atoms with van der Waals surface area (Å²) in [7, 11) is 0. The third-order valence-electron chi connectivity index (χ3n) is 4.26. The molecule has 0 amide bonds. The molecular formula is C19H18N6OS. The number of rotatable bonds is 6. The monoisotopic (exact) mass is 378 g/mol. The molecule has 4 aromatic rings. The van der Waals surface area contributed by atoms with Gasteiger partial charge in [-0.05, 0) is 35.1 Å². The van der Waals surface area contributed by atoms with Crippen LogP contribution in [0.5, 0.6) is 0 Å². The average molecular weight is 378 g/mol. The molecule has 0 aliphatic rings. The summed E-state index contributed by atoms with van der Waals surface area (Å²) < 4.78 is 6.94. The number of nitrogens with zero attached hydrogens (tertiary/aromatic N) is 5. The quantitative estimate of drug-likeness (QED) is 0.497. The predicted molar refractivity (Wildman–Crippen MR) is 107 cm³/mol. The zero-order valence-electron chi connectivity index (χ0n) is 14.7. The van der Waals surface area contributed by atoms with Gasteiger partial charge in [0.1, 0.15) is 5.52 Å². The topological polar surface area (TPSA) is 95.7 Å². The van der Waals surface area contributed by atoms with Gasteiger partial charge in [0.2, 0.25) is 0 Å². The lowest BCUT2D eigenvalue weighted by Crippen LogP contribution is -2.09. The fraction of sp³-hybridized carbons (Fsp3) is 0.158. The van der Waals surface area contributed by atoms with Gasteiger partial charge in [0, 0.05) is 16.6 Å². The average Bonchev–Trinajstić information content (AvgIpc) is 3.40. The maximum absolute atomic E-state index is 5.97. The summed E-state index contributed by atoms with van der Waals surface area (Å²) in [6.07, 6.45) is 10.3. The molecule has 7 nitrogen and oxygen atoms in total. The van der Waals surface area contributed by atoms with Crippen molar-refractivity contribution in [3.8, 4) is 22.0 Å². The number of fused-ring (bicyclic) bond motifs is 1. The number of nitrogens with two attached hydrogens (primary N) is 1. The fourth-order valence-corrected chi connectivity index (χ4v) is 3.90. The highest BCUT2D eigenvalue weighted by Crippen LogP contribution is 2.37. The molecule has 27 heavy (non-hydrogen) atoms. The van der Waals surface area contributed by atoms with Gasteiger partial charge >= 0.3 is 0 Å². The molecule has 4 heterocycles. The van der Waals surface area contributed by atoms with Crippen molar-refractivity contribution < 1.29 is 4.63 Å². The van der Waals surface area contributed by atoms with Crippen molar-refractivity contribution in [1.29, 1.82) is 0 Å². The predicted octanol–water partition coefficient (Wildman–Crippen LogP) is 4.49. The Balaban J connectivity index is 2.09. The van der Waals surface area contributed by atoms with Gasteiger partial charge in [-0.1, -0.05) is 24.3 Å². The van der Waals surface area contributed by atoms with Gasteiger partial charge in [-0.2, -0.15) is 0 Å². The van der Waals surface area contributed by atoms with Gasteiger partial charge in [-0.25, -0.2) is 9.61 Å². The maximum Gasteiger partial charge on any atom is 0.199 e. The van der Waals surface area contributed by atoms with Crippen LogP contribution in [0, 0.1) is 0 Å². The number of thiophene rings is 1. The minimum absolute atomic E-state index is 0.00953. The normalized spacial score (nSPS) is 12.8. The molecule has 0 saturated carbocycles. The van der Waals surface area contributed by atoms with E-state index in [1.807, 2.05) is 36.7 Å². The smallest absolute Gasteiger partial charge is 0.199 e. The van der Waals surface area contributed by atoms with E-state index in [4.69, 9.17) is 15.3 Å². The first-order valence-electron chi connectivity index (χ1n) is 8.46. The molecular weight excluding hydrogens is 360 g/mol. The van der Waals surface area contributed by atoms with E-state index in [-0.39, 0.29) is 11.9 Å². The molecule has 0 aliphatic heterocycles. The fourth-order valence-electron chi connectivity index (χ4n) is 3.17. The minimum atomic E-state index is -0.00953. The van der Waals surface area contributed by atoms with Crippen molar-refractivity contribution in [2.45, 2.75) is 19.4 Å². The molecule has 0 aliphatic carbocycles. The summed E-state index contributed by atoms with van der Waals surface area (Å²) in [5.74, 6) is 0.800. The van der Waals surface area contributed by atoms with Crippen molar-refractivity contribution in [1.82, 2.24) is 24.8 Å². The molecule has 0 fully saturated rings. The Kier molecular flexibility index (Phi) is 4.55. The molecule has 1 unspecified atom stereocenters. The van der Waals surface area contributed by atoms with E-state index in [2.05, 4.69) is 38.6 Å². The molecule has 8 heteroatoms. The second-order valence-corrected chi connectivity index (χ2v) is 6.90. The molecule has 0 radical (unpaired) electrons. The zero-order valence-corrected chi connectivity index (χ0v) is 15.6. The number of nitrogen functional groups attached to an aromatic ring is 1. The van der Waals surface area contributed by atoms with E-state index >= 15 is 0 Å². The van der Waals surface area contributed by atoms with Crippen LogP contribution in [0.25, 0.3) is 33.0 Å². The van der Waals surface area contributed by atoms with Crippen molar-refractivity contribution in [2.24, 2.45) is 0 Å². The molecule has 0 bridgehead atoms. The van der Waals surface area contributed by atoms with Crippen LogP contribution in [0.1, 0.15) is 19.4 Å². The van der Waals surface area contributed by atoms with E-state index in [1.165, 1.54) is 0 Å². The third kappa shape index (κ3) is 2.93. The molecule has 0 saturated heterocycles. The standard InChI is InChI=1S/C19H18N6OS/c1-3-6-12(7-4-2)25-17-13(15-8-5-9-27-15)10-21-11-14(17)22-19(25)16-18(20)24-26-23-16/h3-5,7-12H,1,6H2,2H3,(H2,20,24)/b7-4-. The van der Waals surface area contributed by atoms with Crippen LogP contribution in [0.2, 0.25) is 0 Å². The van der Waals surface area contributed by atoms with Crippen molar-refractivity contribution >= 4 is 28.2 Å². The molecule has 4 aromatic heterocycles. The molecule has 0 spiro atoms. The van der Waals surface area contributed by atoms with Crippen LogP contribution in [0.3, 0.4) is 0 Å². The summed E-state index contributed by atoms with van der Waals surface area (Å²) >= 11 is 1.66. The van der Waals surface area contributed by atoms with Crippen LogP contribution in [-0.2, 0) is 0 Å². The summed E-state index contributed by atoms with van der Waals surface area (Å²) in [4.78, 5) is 10.3. The van der Waals surface area contributed by atoms with Gasteiger partial charge in [0.25, 0.3) is 0 Å². The summed E-state index contributed by atoms with van der Waals surface area (Å²) in [5.41, 5.74) is 9.13. The summed E-state index contributed by atoms with van der Waals surface area (Å²) in [6.45, 7) is 5.89. The highest BCUT2D eigenvalue weighted by Gasteiger charge is 2.25. The minimum Gasteiger partial charge on any atom is -0.379 e. The Morgan fingerprint density at radius 2 is 2.26 bits per heavy atom. The van der Waals surface area contributed by atoms with Crippen molar-refractivity contribution in [3.05, 3.63) is 54.7 Å². The number of hydrogen-bond acceptors (Lipinski definition) is 7. The Labute approximate surface area is 159 Å². The van der Waals surface area contributed by atoms with E-state index < -0.39 is 0 Å². The van der Waals surface area contributed by atoms with E-state index in [9.17, 15) is 0 Å². The number of pyridine rings is 1. The number of anilines is 1. The number of imidazole rings is 1. The Hall–Kier alpha value is -3.26. The largest absolute Gasteiger partial charge is 0.379 e. The van der Waals surface area contributed by atoms with Gasteiger partial charge in [-0.3, -0.25) is 4.98 Å². The molecule has 0 aromatic carbocycles. The van der Waals surface area contributed by atoms with Crippen LogP contribution in [0.4, 0.5) is 5.82 Å². The molecule has 136 valence electrons. The summed E-state index contributed by atoms with van der Waals surface area (Å²) in [6, 6.07) is 4.08. The van der Waals surface area contributed by atoms with E-state index in [0.717, 1.165) is 27.9 Å². The lowest BCUT2D eigenvalue weighted by molar-refractivity contribution is 0.310. The molecule has 1 atom stereocenters. The van der Waals surface area contributed by atoms with E-state index in [0.29, 0.717) is 11.5 Å². The number of allylic oxidation sites excluding steroid dienone is 3. The SMILES string of the molecule is C=CCC(/C=C\C)n1c(-c2nonc2N)nc2cncc(-c3cccs3)c21. The Morgan fingerprint density at radius 1 is 1.37 bits per heavy atom. The highest BCUT2D eigenvalue weighted by molar-refractivity contribution is 7.13. The van der Waals surface area contributed by atoms with Crippen LogP contribution < -0.4 is 5.73 Å². The lowest BCUT2D eigenvalue weighted by Gasteiger charge is -2.18. The van der Waals surface area contributed by atoms with Gasteiger partial charge < -0.3 is 10.3 Å². The molecule has 2 N–H and O–H groups in total. The number of aromatic nitrogens is 5. The maximum atomic E-state index is 5.97. The van der Waals surface area contributed by atoms with Gasteiger partial charge in [-0.15, -0.1) is 17.9 Å². The lowest BCUT2D eigenvalue weighted by atomic mass is 10.1. The van der Waals surface area contributed by atoms with Crippen molar-refractivity contribution in [3.63, 3.8) is 0 Å². The zero-order chi connectivity index (χ0) is 18.8. The second-order valence-electron chi connectivity index (χ2n) is 5.95. The third-order valence-corrected chi connectivity index (χ3v) is 5.16. The van der Waals surface area contributed by atoms with Crippen LogP contribution in [0.15, 0.2) is 59.3 Å². The number of hydrogen-bond donors (Lipinski definition) is 1. The molecule has 4 rings (SSSR count). The van der Waals surface area contributed by atoms with Gasteiger partial charge in [0.05, 0.1) is 17.8 Å². The first-order chi connectivity index (χ1) is 13.2. The highest BCUT2D eigenvalue weighted by atomic mass is 32.1. The second kappa shape index (κ2) is 7.16. The van der Waals surface area contributed by atoms with Crippen LogP contribution >= 0.6 is 11.3 Å².